The number of nitrogens with zero attached hydrogens (tertiary/aromatic N) is 2. The molecule has 4 rings (SSSR count). The zero-order valence-corrected chi connectivity index (χ0v) is 23.7. The monoisotopic (exact) mass is 701 g/mol. The highest BCUT2D eigenvalue weighted by Gasteiger charge is 2.38. The van der Waals surface area contributed by atoms with E-state index in [-0.39, 0.29) is 26.5 Å². The predicted molar refractivity (Wildman–Crippen MR) is 145 cm³/mol. The number of imide groups is 2. The van der Waals surface area contributed by atoms with Crippen LogP contribution in [0.3, 0.4) is 0 Å². The van der Waals surface area contributed by atoms with Crippen molar-refractivity contribution in [1.29, 1.82) is 0 Å². The largest absolute Gasteiger partial charge is 0.448 e. The predicted octanol–water partition coefficient (Wildman–Crippen LogP) is 7.56. The summed E-state index contributed by atoms with van der Waals surface area (Å²) in [6.07, 6.45) is -3.76. The summed E-state index contributed by atoms with van der Waals surface area (Å²) in [4.78, 5) is 49.8. The number of alkyl halides is 3. The SMILES string of the molecule is Cc1ccc(N2C(=O)NC(=O)/C(=C\c3cc(Br)cc(Br)c3Oc3ccc(C(F)(F)F)cc3[N+](=O)[O-])C2=O)cc1Cl. The number of urea groups is 1. The molecule has 1 saturated heterocycles. The first-order valence-electron chi connectivity index (χ1n) is 10.9. The molecule has 0 radical (unpaired) electrons. The summed E-state index contributed by atoms with van der Waals surface area (Å²) in [6.45, 7) is 1.72. The molecule has 1 fully saturated rings. The molecule has 1 heterocycles. The normalized spacial score (nSPS) is 14.9. The summed E-state index contributed by atoms with van der Waals surface area (Å²) in [5, 5.41) is 13.9. The lowest BCUT2D eigenvalue weighted by atomic mass is 10.1. The molecule has 9 nitrogen and oxygen atoms in total. The minimum Gasteiger partial charge on any atom is -0.448 e. The number of benzene rings is 3. The maximum atomic E-state index is 13.3. The van der Waals surface area contributed by atoms with Crippen molar-refractivity contribution in [3.8, 4) is 11.5 Å². The lowest BCUT2D eigenvalue weighted by Gasteiger charge is -2.26. The molecule has 1 aliphatic heterocycles. The number of rotatable bonds is 5. The van der Waals surface area contributed by atoms with Crippen molar-refractivity contribution >= 4 is 78.8 Å². The lowest BCUT2D eigenvalue weighted by Crippen LogP contribution is -2.54. The lowest BCUT2D eigenvalue weighted by molar-refractivity contribution is -0.385. The standard InChI is InChI=1S/C25H13Br2ClF3N3O6/c1-11-2-4-15(10-18(11)28)33-23(36)16(22(35)32-24(33)37)7-12-6-14(26)9-17(27)21(12)40-20-5-3-13(25(29,30)31)8-19(20)34(38)39/h2-10H,1H3,(H,32,35,37)/b16-7+. The van der Waals surface area contributed by atoms with Gasteiger partial charge in [0.1, 0.15) is 11.3 Å². The number of carbonyl (C=O) groups excluding carboxylic acids is 3. The molecule has 15 heteroatoms. The number of carbonyl (C=O) groups is 3. The molecule has 0 saturated carbocycles. The van der Waals surface area contributed by atoms with E-state index < -0.39 is 51.5 Å². The maximum Gasteiger partial charge on any atom is 0.416 e. The van der Waals surface area contributed by atoms with E-state index in [2.05, 4.69) is 37.2 Å². The Kier molecular flexibility index (Phi) is 8.06. The number of anilines is 1. The van der Waals surface area contributed by atoms with Crippen LogP contribution in [0, 0.1) is 17.0 Å². The summed E-state index contributed by atoms with van der Waals surface area (Å²) < 4.78 is 45.6. The maximum absolute atomic E-state index is 13.3. The fourth-order valence-corrected chi connectivity index (χ4v) is 5.11. The van der Waals surface area contributed by atoms with Crippen molar-refractivity contribution in [3.63, 3.8) is 0 Å². The first-order chi connectivity index (χ1) is 18.7. The quantitative estimate of drug-likeness (QED) is 0.127. The Balaban J connectivity index is 1.81. The van der Waals surface area contributed by atoms with Crippen molar-refractivity contribution in [2.45, 2.75) is 13.1 Å². The van der Waals surface area contributed by atoms with Gasteiger partial charge in [-0.25, -0.2) is 9.69 Å². The minimum atomic E-state index is -4.84. The summed E-state index contributed by atoms with van der Waals surface area (Å²) >= 11 is 12.6. The summed E-state index contributed by atoms with van der Waals surface area (Å²) in [5.41, 5.74) is -1.95. The Hall–Kier alpha value is -3.75. The number of amides is 4. The van der Waals surface area contributed by atoms with Crippen LogP contribution in [0.2, 0.25) is 5.02 Å². The number of halogens is 6. The van der Waals surface area contributed by atoms with Gasteiger partial charge in [0.25, 0.3) is 11.8 Å². The molecule has 206 valence electrons. The molecular weight excluding hydrogens is 691 g/mol. The topological polar surface area (TPSA) is 119 Å². The molecule has 3 aromatic rings. The van der Waals surface area contributed by atoms with Gasteiger partial charge < -0.3 is 4.74 Å². The second kappa shape index (κ2) is 11.0. The van der Waals surface area contributed by atoms with Crippen LogP contribution < -0.4 is 15.0 Å². The first-order valence-corrected chi connectivity index (χ1v) is 12.8. The first kappa shape index (κ1) is 29.2. The average Bonchev–Trinajstić information content (AvgIpc) is 2.85. The van der Waals surface area contributed by atoms with Crippen LogP contribution in [-0.4, -0.2) is 22.8 Å². The second-order valence-electron chi connectivity index (χ2n) is 8.24. The van der Waals surface area contributed by atoms with E-state index in [4.69, 9.17) is 16.3 Å². The zero-order chi connectivity index (χ0) is 29.5. The average molecular weight is 704 g/mol. The Labute approximate surface area is 245 Å². The molecule has 0 aromatic heterocycles. The number of ether oxygens (including phenoxy) is 1. The number of aryl methyl sites for hydroxylation is 1. The highest BCUT2D eigenvalue weighted by atomic mass is 79.9. The van der Waals surface area contributed by atoms with Crippen molar-refractivity contribution in [3.05, 3.63) is 94.9 Å². The molecule has 0 atom stereocenters. The van der Waals surface area contributed by atoms with Crippen LogP contribution in [0.4, 0.5) is 29.3 Å². The van der Waals surface area contributed by atoms with Crippen molar-refractivity contribution < 1.29 is 37.2 Å². The smallest absolute Gasteiger partial charge is 0.416 e. The number of hydrogen-bond acceptors (Lipinski definition) is 6. The molecule has 0 aliphatic carbocycles. The van der Waals surface area contributed by atoms with Crippen LogP contribution in [0.5, 0.6) is 11.5 Å². The van der Waals surface area contributed by atoms with E-state index in [0.717, 1.165) is 12.1 Å². The van der Waals surface area contributed by atoms with Crippen molar-refractivity contribution in [2.24, 2.45) is 0 Å². The van der Waals surface area contributed by atoms with E-state index in [0.29, 0.717) is 27.1 Å². The van der Waals surface area contributed by atoms with Crippen LogP contribution in [0.15, 0.2) is 63.0 Å². The third kappa shape index (κ3) is 5.88. The molecule has 1 N–H and O–H groups in total. The molecule has 40 heavy (non-hydrogen) atoms. The third-order valence-corrected chi connectivity index (χ3v) is 7.00. The Morgan fingerprint density at radius 3 is 2.40 bits per heavy atom. The van der Waals surface area contributed by atoms with Crippen LogP contribution in [0.25, 0.3) is 6.08 Å². The van der Waals surface area contributed by atoms with Gasteiger partial charge in [0.2, 0.25) is 5.75 Å². The Morgan fingerprint density at radius 2 is 1.77 bits per heavy atom. The fraction of sp³-hybridized carbons (Fsp3) is 0.0800. The van der Waals surface area contributed by atoms with Crippen molar-refractivity contribution in [2.75, 3.05) is 4.90 Å². The summed E-state index contributed by atoms with van der Waals surface area (Å²) in [6, 6.07) is 7.98. The van der Waals surface area contributed by atoms with Crippen LogP contribution in [0.1, 0.15) is 16.7 Å². The number of hydrogen-bond donors (Lipinski definition) is 1. The molecule has 0 bridgehead atoms. The second-order valence-corrected chi connectivity index (χ2v) is 10.4. The van der Waals surface area contributed by atoms with Gasteiger partial charge in [0.05, 0.1) is 20.6 Å². The molecule has 0 unspecified atom stereocenters. The zero-order valence-electron chi connectivity index (χ0n) is 19.8. The molecular formula is C25H13Br2ClF3N3O6. The molecule has 3 aromatic carbocycles. The van der Waals surface area contributed by atoms with E-state index >= 15 is 0 Å². The molecule has 0 spiro atoms. The fourth-order valence-electron chi connectivity index (χ4n) is 3.60. The Bertz CT molecular complexity index is 1640. The van der Waals surface area contributed by atoms with E-state index in [1.807, 2.05) is 0 Å². The number of nitro benzene ring substituents is 1. The van der Waals surface area contributed by atoms with E-state index in [9.17, 15) is 37.7 Å². The van der Waals surface area contributed by atoms with Gasteiger partial charge in [-0.05, 0) is 70.9 Å². The summed E-state index contributed by atoms with van der Waals surface area (Å²) in [7, 11) is 0. The van der Waals surface area contributed by atoms with Gasteiger partial charge in [-0.3, -0.25) is 25.0 Å². The van der Waals surface area contributed by atoms with E-state index in [1.54, 1.807) is 13.0 Å². The third-order valence-electron chi connectivity index (χ3n) is 5.55. The van der Waals surface area contributed by atoms with Gasteiger partial charge in [-0.1, -0.05) is 33.6 Å². The molecule has 4 amide bonds. The highest BCUT2D eigenvalue weighted by molar-refractivity contribution is 9.11. The van der Waals surface area contributed by atoms with Gasteiger partial charge in [0, 0.05) is 21.1 Å². The van der Waals surface area contributed by atoms with Crippen LogP contribution in [-0.2, 0) is 15.8 Å². The van der Waals surface area contributed by atoms with Gasteiger partial charge in [-0.15, -0.1) is 0 Å². The minimum absolute atomic E-state index is 0.0187. The number of nitro groups is 1. The number of barbiturate groups is 1. The molecule has 1 aliphatic rings. The summed E-state index contributed by atoms with van der Waals surface area (Å²) in [5.74, 6) is -2.74. The van der Waals surface area contributed by atoms with E-state index in [1.165, 1.54) is 24.3 Å². The van der Waals surface area contributed by atoms with Crippen LogP contribution >= 0.6 is 43.5 Å². The number of nitrogens with one attached hydrogen (secondary N) is 1. The highest BCUT2D eigenvalue weighted by Crippen LogP contribution is 2.42. The van der Waals surface area contributed by atoms with Gasteiger partial charge in [-0.2, -0.15) is 13.2 Å². The Morgan fingerprint density at radius 1 is 1.07 bits per heavy atom. The van der Waals surface area contributed by atoms with Crippen molar-refractivity contribution in [1.82, 2.24) is 5.32 Å². The van der Waals surface area contributed by atoms with Gasteiger partial charge >= 0.3 is 17.9 Å². The van der Waals surface area contributed by atoms with Gasteiger partial charge in [0.15, 0.2) is 0 Å².